The van der Waals surface area contributed by atoms with Crippen molar-refractivity contribution in [1.82, 2.24) is 0 Å². The fourth-order valence-corrected chi connectivity index (χ4v) is 19.3. The molecule has 412 valence electrons. The van der Waals surface area contributed by atoms with Crippen LogP contribution in [0.15, 0.2) is 243 Å². The minimum atomic E-state index is -11.2. The summed E-state index contributed by atoms with van der Waals surface area (Å²) in [6.07, 6.45) is 0. The summed E-state index contributed by atoms with van der Waals surface area (Å²) < 4.78 is 119. The molecule has 0 fully saturated rings. The predicted molar refractivity (Wildman–Crippen MR) is 293 cm³/mol. The Bertz CT molecular complexity index is 2380. The minimum absolute atomic E-state index is 0. The summed E-state index contributed by atoms with van der Waals surface area (Å²) in [5.41, 5.74) is 0. The van der Waals surface area contributed by atoms with Gasteiger partial charge in [-0.15, -0.1) is 0 Å². The molecule has 0 heterocycles. The Morgan fingerprint density at radius 1 is 0.263 bits per heavy atom. The second-order valence-electron chi connectivity index (χ2n) is 15.0. The van der Waals surface area contributed by atoms with Gasteiger partial charge in [0.15, 0.2) is 0 Å². The van der Waals surface area contributed by atoms with Crippen molar-refractivity contribution in [3.8, 4) is 12.1 Å². The molecule has 8 rings (SSSR count). The Morgan fingerprint density at radius 2 is 0.342 bits per heavy atom. The molecule has 0 aromatic heterocycles. The summed E-state index contributed by atoms with van der Waals surface area (Å²) >= 11 is -22.5. The Balaban J connectivity index is 0.000000552. The SMILES string of the molecule is CC#N.CC#N.[Au+].[Au+].[F][Sb-]([F])([F])([F])([F])[F].[F][Sb-]([F])([F])([F])([F])[F].c1ccc(P(CP(c2ccccc2)c2ccccc2)c2ccccc2)cc1.c1ccc(P(CP(c2ccccc2)c2ccccc2)c2ccccc2)cc1. The monoisotopic (exact) mass is 1710 g/mol. The maximum absolute atomic E-state index is 11.2. The van der Waals surface area contributed by atoms with Gasteiger partial charge in [0.1, 0.15) is 0 Å². The smallest absolute Gasteiger partial charge is 0.00405 e. The van der Waals surface area contributed by atoms with Gasteiger partial charge >= 0.3 is 117 Å². The molecular weight excluding hydrogens is 1670 g/mol. The molecule has 0 radical (unpaired) electrons. The Morgan fingerprint density at radius 3 is 0.421 bits per heavy atom. The third-order valence-corrected chi connectivity index (χ3v) is 21.0. The van der Waals surface area contributed by atoms with Gasteiger partial charge in [-0.05, 0) is 74.1 Å². The van der Waals surface area contributed by atoms with Crippen molar-refractivity contribution in [1.29, 1.82) is 10.5 Å². The van der Waals surface area contributed by atoms with Gasteiger partial charge in [0, 0.05) is 25.7 Å². The average molecular weight is 1720 g/mol. The molecular formula is C54H50Au2F12N2P4Sb2. The first-order valence-electron chi connectivity index (χ1n) is 21.8. The van der Waals surface area contributed by atoms with Gasteiger partial charge in [-0.25, -0.2) is 0 Å². The van der Waals surface area contributed by atoms with Gasteiger partial charge < -0.3 is 0 Å². The van der Waals surface area contributed by atoms with Gasteiger partial charge in [0.2, 0.25) is 0 Å². The third kappa shape index (κ3) is 33.9. The number of nitrogens with zero attached hydrogens (tertiary/aromatic N) is 2. The standard InChI is InChI=1S/2C25H22P2.2C2H3N.2Au.12FH.2Sb/c2*1-5-13-22(14-6-1)26(23-15-7-2-8-16-23)21-27(24-17-9-3-10-18-24)25-19-11-4-12-20-25;2*1-2-3;;;;;;;;;;;;;;;;/h2*1-20H,21H2;2*1H3;;;12*1H;;/q;;;;2*+1;;;;;;;;;;;;;2*+5/p-12. The van der Waals surface area contributed by atoms with Crippen LogP contribution in [0.5, 0.6) is 0 Å². The van der Waals surface area contributed by atoms with Crippen molar-refractivity contribution < 1.29 is 78.5 Å². The normalized spacial score (nSPS) is 12.3. The first-order chi connectivity index (χ1) is 34.6. The third-order valence-electron chi connectivity index (χ3n) is 9.11. The number of rotatable bonds is 12. The maximum atomic E-state index is 9.93. The molecule has 0 N–H and O–H groups in total. The van der Waals surface area contributed by atoms with Gasteiger partial charge in [-0.2, -0.15) is 10.5 Å². The fraction of sp³-hybridized carbons (Fsp3) is 0.0741. The average Bonchev–Trinajstić information content (AvgIpc) is 3.36. The largest absolute Gasteiger partial charge is 0.0622 e. The summed E-state index contributed by atoms with van der Waals surface area (Å²) in [7, 11) is -1.63. The molecule has 0 bridgehead atoms. The second-order valence-corrected chi connectivity index (χ2v) is 35.8. The Hall–Kier alpha value is -3.26. The van der Waals surface area contributed by atoms with Crippen molar-refractivity contribution in [3.63, 3.8) is 0 Å². The zero-order valence-electron chi connectivity index (χ0n) is 40.2. The molecule has 0 atom stereocenters. The van der Waals surface area contributed by atoms with Crippen LogP contribution in [-0.4, -0.2) is 50.8 Å². The van der Waals surface area contributed by atoms with Crippen LogP contribution in [-0.2, 0) is 44.8 Å². The first kappa shape index (κ1) is 70.8. The van der Waals surface area contributed by atoms with E-state index in [2.05, 4.69) is 243 Å². The van der Waals surface area contributed by atoms with Gasteiger partial charge in [-0.3, -0.25) is 0 Å². The maximum Gasteiger partial charge on any atom is 0.00405 e. The summed E-state index contributed by atoms with van der Waals surface area (Å²) in [6, 6.07) is 91.8. The molecule has 0 amide bonds. The van der Waals surface area contributed by atoms with Crippen molar-refractivity contribution in [2.24, 2.45) is 0 Å². The quantitative estimate of drug-likeness (QED) is 0.0695. The van der Waals surface area contributed by atoms with E-state index >= 15 is 0 Å². The van der Waals surface area contributed by atoms with Crippen LogP contribution in [0.2, 0.25) is 0 Å². The second kappa shape index (κ2) is 31.5. The van der Waals surface area contributed by atoms with Crippen molar-refractivity contribution in [2.45, 2.75) is 13.8 Å². The van der Waals surface area contributed by atoms with Crippen LogP contribution >= 0.6 is 31.7 Å². The van der Waals surface area contributed by atoms with Crippen LogP contribution in [0.1, 0.15) is 13.8 Å². The molecule has 22 heteroatoms. The molecule has 0 saturated heterocycles. The number of nitriles is 2. The van der Waals surface area contributed by atoms with Crippen LogP contribution in [0.25, 0.3) is 0 Å². The van der Waals surface area contributed by atoms with Crippen LogP contribution in [0, 0.1) is 22.7 Å². The van der Waals surface area contributed by atoms with Crippen molar-refractivity contribution in [3.05, 3.63) is 243 Å². The fourth-order valence-electron chi connectivity index (χ4n) is 6.40. The minimum Gasteiger partial charge on any atom is -0.0622 e. The van der Waals surface area contributed by atoms with Crippen LogP contribution in [0.4, 0.5) is 33.8 Å². The summed E-state index contributed by atoms with van der Waals surface area (Å²) in [6.45, 7) is 2.86. The van der Waals surface area contributed by atoms with Gasteiger partial charge in [0.25, 0.3) is 0 Å². The molecule has 76 heavy (non-hydrogen) atoms. The van der Waals surface area contributed by atoms with Gasteiger partial charge in [-0.1, -0.05) is 243 Å². The predicted octanol–water partition coefficient (Wildman–Crippen LogP) is 15.8. The van der Waals surface area contributed by atoms with E-state index in [1.54, 1.807) is 12.1 Å². The van der Waals surface area contributed by atoms with E-state index < -0.39 is 70.6 Å². The van der Waals surface area contributed by atoms with E-state index in [0.717, 1.165) is 0 Å². The van der Waals surface area contributed by atoms with Crippen LogP contribution in [0.3, 0.4) is 0 Å². The summed E-state index contributed by atoms with van der Waals surface area (Å²) in [4.78, 5) is 0. The van der Waals surface area contributed by atoms with E-state index in [4.69, 9.17) is 10.5 Å². The van der Waals surface area contributed by atoms with E-state index in [-0.39, 0.29) is 44.8 Å². The molecule has 0 aliphatic heterocycles. The number of hydrogen-bond donors (Lipinski definition) is 0. The Labute approximate surface area is 477 Å². The number of halogens is 12. The van der Waals surface area contributed by atoms with E-state index in [1.165, 1.54) is 68.1 Å². The van der Waals surface area contributed by atoms with E-state index in [9.17, 15) is 33.8 Å². The molecule has 8 aromatic rings. The summed E-state index contributed by atoms with van der Waals surface area (Å²) in [5.74, 6) is 2.35. The molecule has 0 spiro atoms. The zero-order chi connectivity index (χ0) is 54.9. The first-order valence-corrected chi connectivity index (χ1v) is 39.5. The molecule has 0 saturated carbocycles. The van der Waals surface area contributed by atoms with E-state index in [0.29, 0.717) is 0 Å². The number of benzene rings is 8. The topological polar surface area (TPSA) is 47.6 Å². The van der Waals surface area contributed by atoms with E-state index in [1.807, 2.05) is 0 Å². The van der Waals surface area contributed by atoms with Crippen LogP contribution < -0.4 is 42.4 Å². The molecule has 8 aromatic carbocycles. The zero-order valence-corrected chi connectivity index (χ0v) is 53.2. The molecule has 0 aliphatic carbocycles. The molecule has 0 aliphatic rings. The summed E-state index contributed by atoms with van der Waals surface area (Å²) in [5, 5.41) is 26.3. The Kier molecular flexibility index (Phi) is 29.3. The molecule has 0 unspecified atom stereocenters. The molecule has 2 nitrogen and oxygen atoms in total. The van der Waals surface area contributed by atoms with Gasteiger partial charge in [0.05, 0.1) is 12.1 Å². The van der Waals surface area contributed by atoms with Crippen molar-refractivity contribution in [2.75, 3.05) is 11.8 Å². The number of hydrogen-bond acceptors (Lipinski definition) is 2. The van der Waals surface area contributed by atoms with Crippen molar-refractivity contribution >= 4 is 113 Å².